The van der Waals surface area contributed by atoms with Crippen molar-refractivity contribution in [3.8, 4) is 11.3 Å². The van der Waals surface area contributed by atoms with Crippen LogP contribution in [0.25, 0.3) is 11.3 Å². The molecule has 1 saturated heterocycles. The lowest BCUT2D eigenvalue weighted by Gasteiger charge is -2.24. The maximum Gasteiger partial charge on any atom is 0.322 e. The number of likely N-dealkylation sites (tertiary alicyclic amines) is 1. The average Bonchev–Trinajstić information content (AvgIpc) is 3.39. The van der Waals surface area contributed by atoms with Crippen molar-refractivity contribution in [1.29, 1.82) is 0 Å². The smallest absolute Gasteiger partial charge is 0.322 e. The SMILES string of the molecule is CC(C)c1ccc(NC(=O)N2CCC[C@@H]2C(=O)Nc2ccc(-c3ccc(C(O)OC(C)(C)C)cc3)nc2)cc1. The van der Waals surface area contributed by atoms with Crippen LogP contribution in [-0.4, -0.2) is 45.1 Å². The van der Waals surface area contributed by atoms with E-state index in [1.807, 2.05) is 75.4 Å². The molecule has 0 saturated carbocycles. The van der Waals surface area contributed by atoms with Gasteiger partial charge >= 0.3 is 6.03 Å². The van der Waals surface area contributed by atoms with Crippen molar-refractivity contribution in [2.75, 3.05) is 17.2 Å². The molecular formula is C31H38N4O4. The third kappa shape index (κ3) is 7.43. The first-order valence-corrected chi connectivity index (χ1v) is 13.4. The normalized spacial score (nSPS) is 16.3. The van der Waals surface area contributed by atoms with Crippen LogP contribution in [0, 0.1) is 0 Å². The third-order valence-corrected chi connectivity index (χ3v) is 6.63. The molecule has 2 aromatic carbocycles. The summed E-state index contributed by atoms with van der Waals surface area (Å²) in [6.45, 7) is 10.4. The van der Waals surface area contributed by atoms with Gasteiger partial charge in [-0.2, -0.15) is 0 Å². The summed E-state index contributed by atoms with van der Waals surface area (Å²) in [4.78, 5) is 32.1. The van der Waals surface area contributed by atoms with Crippen molar-refractivity contribution in [2.24, 2.45) is 0 Å². The van der Waals surface area contributed by atoms with Gasteiger partial charge in [-0.3, -0.25) is 9.78 Å². The minimum absolute atomic E-state index is 0.232. The minimum Gasteiger partial charge on any atom is -0.364 e. The number of carbonyl (C=O) groups excluding carboxylic acids is 2. The van der Waals surface area contributed by atoms with Gasteiger partial charge in [-0.1, -0.05) is 50.2 Å². The highest BCUT2D eigenvalue weighted by atomic mass is 16.6. The molecule has 8 nitrogen and oxygen atoms in total. The van der Waals surface area contributed by atoms with E-state index in [1.165, 1.54) is 5.56 Å². The number of aliphatic hydroxyl groups is 1. The van der Waals surface area contributed by atoms with Gasteiger partial charge in [-0.25, -0.2) is 4.79 Å². The van der Waals surface area contributed by atoms with Crippen LogP contribution in [0.4, 0.5) is 16.2 Å². The number of aliphatic hydroxyl groups excluding tert-OH is 1. The molecule has 39 heavy (non-hydrogen) atoms. The number of hydrogen-bond donors (Lipinski definition) is 3. The van der Waals surface area contributed by atoms with E-state index in [9.17, 15) is 14.7 Å². The molecule has 3 amide bonds. The van der Waals surface area contributed by atoms with Crippen LogP contribution in [0.15, 0.2) is 66.9 Å². The second-order valence-corrected chi connectivity index (χ2v) is 11.2. The summed E-state index contributed by atoms with van der Waals surface area (Å²) in [6, 6.07) is 17.9. The molecule has 3 aromatic rings. The quantitative estimate of drug-likeness (QED) is 0.311. The van der Waals surface area contributed by atoms with Crippen molar-refractivity contribution < 1.29 is 19.4 Å². The molecule has 0 radical (unpaired) electrons. The summed E-state index contributed by atoms with van der Waals surface area (Å²) in [5.41, 5.74) is 4.28. The largest absolute Gasteiger partial charge is 0.364 e. The number of amides is 3. The number of carbonyl (C=O) groups is 2. The van der Waals surface area contributed by atoms with Crippen LogP contribution < -0.4 is 10.6 Å². The molecule has 1 aliphatic rings. The average molecular weight is 531 g/mol. The Labute approximate surface area is 230 Å². The number of ether oxygens (including phenoxy) is 1. The van der Waals surface area contributed by atoms with Gasteiger partial charge in [-0.15, -0.1) is 0 Å². The van der Waals surface area contributed by atoms with E-state index in [0.717, 1.165) is 17.7 Å². The first-order chi connectivity index (χ1) is 18.5. The maximum atomic E-state index is 13.1. The van der Waals surface area contributed by atoms with E-state index in [2.05, 4.69) is 29.5 Å². The highest BCUT2D eigenvalue weighted by Crippen LogP contribution is 2.26. The lowest BCUT2D eigenvalue weighted by atomic mass is 10.0. The first kappa shape index (κ1) is 28.3. The molecule has 0 spiro atoms. The van der Waals surface area contributed by atoms with Crippen LogP contribution in [0.3, 0.4) is 0 Å². The molecule has 8 heteroatoms. The Morgan fingerprint density at radius 2 is 1.59 bits per heavy atom. The molecule has 1 aliphatic heterocycles. The fraction of sp³-hybridized carbons (Fsp3) is 0.387. The zero-order chi connectivity index (χ0) is 28.2. The van der Waals surface area contributed by atoms with E-state index >= 15 is 0 Å². The van der Waals surface area contributed by atoms with Crippen molar-refractivity contribution in [1.82, 2.24) is 9.88 Å². The molecule has 4 rings (SSSR count). The van der Waals surface area contributed by atoms with E-state index in [-0.39, 0.29) is 11.9 Å². The summed E-state index contributed by atoms with van der Waals surface area (Å²) in [6.07, 6.45) is 1.97. The molecular weight excluding hydrogens is 492 g/mol. The van der Waals surface area contributed by atoms with E-state index < -0.39 is 17.9 Å². The fourth-order valence-electron chi connectivity index (χ4n) is 4.51. The highest BCUT2D eigenvalue weighted by molar-refractivity contribution is 5.99. The number of rotatable bonds is 7. The van der Waals surface area contributed by atoms with E-state index in [0.29, 0.717) is 35.8 Å². The number of nitrogens with one attached hydrogen (secondary N) is 2. The van der Waals surface area contributed by atoms with Crippen molar-refractivity contribution in [3.05, 3.63) is 78.0 Å². The van der Waals surface area contributed by atoms with Gasteiger partial charge in [0.1, 0.15) is 6.04 Å². The van der Waals surface area contributed by atoms with Crippen LogP contribution in [-0.2, 0) is 9.53 Å². The molecule has 1 aromatic heterocycles. The summed E-state index contributed by atoms with van der Waals surface area (Å²) in [7, 11) is 0. The van der Waals surface area contributed by atoms with Crippen LogP contribution in [0.2, 0.25) is 0 Å². The molecule has 2 heterocycles. The standard InChI is InChI=1S/C31H38N4O4/c1-20(2)21-12-14-24(15-13-21)34-30(38)35-18-6-7-27(35)28(36)33-25-16-17-26(32-19-25)22-8-10-23(11-9-22)29(37)39-31(3,4)5/h8-17,19-20,27,29,37H,6-7,18H2,1-5H3,(H,33,36)(H,34,38)/t27-,29?/m1/s1. The Bertz CT molecular complexity index is 1270. The summed E-state index contributed by atoms with van der Waals surface area (Å²) >= 11 is 0. The second-order valence-electron chi connectivity index (χ2n) is 11.2. The van der Waals surface area contributed by atoms with Crippen molar-refractivity contribution in [3.63, 3.8) is 0 Å². The Morgan fingerprint density at radius 3 is 2.18 bits per heavy atom. The zero-order valence-electron chi connectivity index (χ0n) is 23.3. The summed E-state index contributed by atoms with van der Waals surface area (Å²) < 4.78 is 5.60. The number of aromatic nitrogens is 1. The summed E-state index contributed by atoms with van der Waals surface area (Å²) in [5.74, 6) is 0.183. The Balaban J connectivity index is 1.35. The number of pyridine rings is 1. The fourth-order valence-corrected chi connectivity index (χ4v) is 4.51. The predicted octanol–water partition coefficient (Wildman–Crippen LogP) is 6.31. The topological polar surface area (TPSA) is 104 Å². The molecule has 0 bridgehead atoms. The van der Waals surface area contributed by atoms with Gasteiger partial charge in [0.05, 0.1) is 23.2 Å². The first-order valence-electron chi connectivity index (χ1n) is 13.4. The van der Waals surface area contributed by atoms with Gasteiger partial charge in [0.25, 0.3) is 0 Å². The molecule has 2 atom stereocenters. The van der Waals surface area contributed by atoms with Gasteiger partial charge in [0.15, 0.2) is 6.29 Å². The maximum absolute atomic E-state index is 13.1. The molecule has 1 unspecified atom stereocenters. The monoisotopic (exact) mass is 530 g/mol. The Morgan fingerprint density at radius 1 is 0.949 bits per heavy atom. The minimum atomic E-state index is -1.01. The van der Waals surface area contributed by atoms with Gasteiger partial charge in [-0.05, 0) is 69.4 Å². The Hall–Kier alpha value is -3.75. The van der Waals surface area contributed by atoms with Crippen molar-refractivity contribution >= 4 is 23.3 Å². The number of benzene rings is 2. The van der Waals surface area contributed by atoms with E-state index in [1.54, 1.807) is 17.2 Å². The van der Waals surface area contributed by atoms with Crippen LogP contribution >= 0.6 is 0 Å². The van der Waals surface area contributed by atoms with Crippen molar-refractivity contribution in [2.45, 2.75) is 71.3 Å². The lowest BCUT2D eigenvalue weighted by Crippen LogP contribution is -2.45. The Kier molecular flexibility index (Phi) is 8.67. The van der Waals surface area contributed by atoms with Crippen LogP contribution in [0.5, 0.6) is 0 Å². The van der Waals surface area contributed by atoms with Gasteiger partial charge < -0.3 is 25.4 Å². The number of nitrogens with zero attached hydrogens (tertiary/aromatic N) is 2. The van der Waals surface area contributed by atoms with Gasteiger partial charge in [0.2, 0.25) is 5.91 Å². The highest BCUT2D eigenvalue weighted by Gasteiger charge is 2.34. The number of urea groups is 1. The van der Waals surface area contributed by atoms with Gasteiger partial charge in [0, 0.05) is 23.4 Å². The second kappa shape index (κ2) is 12.0. The molecule has 1 fully saturated rings. The predicted molar refractivity (Wildman–Crippen MR) is 153 cm³/mol. The third-order valence-electron chi connectivity index (χ3n) is 6.63. The zero-order valence-corrected chi connectivity index (χ0v) is 23.3. The van der Waals surface area contributed by atoms with E-state index in [4.69, 9.17) is 4.74 Å². The number of hydrogen-bond acceptors (Lipinski definition) is 5. The lowest BCUT2D eigenvalue weighted by molar-refractivity contribution is -0.169. The summed E-state index contributed by atoms with van der Waals surface area (Å²) in [5, 5.41) is 16.1. The van der Waals surface area contributed by atoms with Crippen LogP contribution in [0.1, 0.15) is 70.8 Å². The molecule has 3 N–H and O–H groups in total. The molecule has 0 aliphatic carbocycles. The molecule has 206 valence electrons. The number of anilines is 2.